The molecule has 0 fully saturated rings. The third-order valence-electron chi connectivity index (χ3n) is 3.68. The Kier molecular flexibility index (Phi) is 10.1. The summed E-state index contributed by atoms with van der Waals surface area (Å²) in [7, 11) is 2.02. The summed E-state index contributed by atoms with van der Waals surface area (Å²) in [6.07, 6.45) is -4.69. The Balaban J connectivity index is 0.00000392. The molecule has 3 N–H and O–H groups in total. The minimum atomic E-state index is -4.69. The molecule has 0 amide bonds. The minimum Gasteiger partial charge on any atom is -0.406 e. The normalized spacial score (nSPS) is 11.8. The van der Waals surface area contributed by atoms with Gasteiger partial charge in [-0.15, -0.1) is 37.1 Å². The van der Waals surface area contributed by atoms with Crippen molar-refractivity contribution in [1.29, 1.82) is 0 Å². The summed E-state index contributed by atoms with van der Waals surface area (Å²) in [6.45, 7) is 2.53. The van der Waals surface area contributed by atoms with Crippen LogP contribution in [0.3, 0.4) is 0 Å². The van der Waals surface area contributed by atoms with Crippen LogP contribution in [0.2, 0.25) is 0 Å². The molecule has 0 aliphatic heterocycles. The highest BCUT2D eigenvalue weighted by Gasteiger charge is 2.30. The Morgan fingerprint density at radius 1 is 1.07 bits per heavy atom. The maximum atomic E-state index is 12.1. The Bertz CT molecular complexity index is 724. The second-order valence-corrected chi connectivity index (χ2v) is 6.04. The smallest absolute Gasteiger partial charge is 0.406 e. The molecule has 0 saturated heterocycles. The number of benzene rings is 2. The van der Waals surface area contributed by atoms with E-state index in [4.69, 9.17) is 5.73 Å². The quantitative estimate of drug-likeness (QED) is 0.324. The number of ether oxygens (including phenoxy) is 1. The summed E-state index contributed by atoms with van der Waals surface area (Å²) in [5, 5.41) is 3.02. The van der Waals surface area contributed by atoms with E-state index in [1.165, 1.54) is 29.8 Å². The van der Waals surface area contributed by atoms with E-state index in [1.54, 1.807) is 0 Å². The van der Waals surface area contributed by atoms with Crippen LogP contribution < -0.4 is 15.8 Å². The van der Waals surface area contributed by atoms with Crippen LogP contribution in [0.5, 0.6) is 5.75 Å². The molecule has 2 rings (SSSR count). The Morgan fingerprint density at radius 2 is 1.71 bits per heavy atom. The third-order valence-corrected chi connectivity index (χ3v) is 3.68. The minimum absolute atomic E-state index is 0. The number of alkyl halides is 3. The van der Waals surface area contributed by atoms with Crippen molar-refractivity contribution in [2.75, 3.05) is 20.1 Å². The molecule has 2 aromatic carbocycles. The zero-order chi connectivity index (χ0) is 19.7. The molecular formula is C19H24F3IN4O. The summed E-state index contributed by atoms with van der Waals surface area (Å²) >= 11 is 0. The number of nitrogens with zero attached hydrogens (tertiary/aromatic N) is 2. The number of hydrogen-bond acceptors (Lipinski definition) is 3. The molecule has 0 saturated carbocycles. The van der Waals surface area contributed by atoms with Crippen molar-refractivity contribution in [1.82, 2.24) is 10.2 Å². The molecule has 2 aromatic rings. The maximum Gasteiger partial charge on any atom is 0.573 e. The molecule has 0 aromatic heterocycles. The number of nitrogens with two attached hydrogens (primary N) is 1. The monoisotopic (exact) mass is 508 g/mol. The Labute approximate surface area is 179 Å². The van der Waals surface area contributed by atoms with Crippen molar-refractivity contribution in [3.05, 3.63) is 65.7 Å². The molecule has 5 nitrogen and oxygen atoms in total. The van der Waals surface area contributed by atoms with Gasteiger partial charge in [0.15, 0.2) is 5.96 Å². The van der Waals surface area contributed by atoms with Gasteiger partial charge >= 0.3 is 6.36 Å². The van der Waals surface area contributed by atoms with Gasteiger partial charge in [-0.05, 0) is 30.3 Å². The topological polar surface area (TPSA) is 62.9 Å². The molecule has 0 aliphatic carbocycles. The first-order chi connectivity index (χ1) is 12.8. The van der Waals surface area contributed by atoms with E-state index in [-0.39, 0.29) is 36.3 Å². The van der Waals surface area contributed by atoms with Gasteiger partial charge in [0.1, 0.15) is 5.75 Å². The summed E-state index contributed by atoms with van der Waals surface area (Å²) in [5.41, 5.74) is 7.79. The van der Waals surface area contributed by atoms with Crippen molar-refractivity contribution in [2.45, 2.75) is 19.5 Å². The van der Waals surface area contributed by atoms with Crippen LogP contribution in [-0.4, -0.2) is 37.4 Å². The van der Waals surface area contributed by atoms with Crippen molar-refractivity contribution in [3.8, 4) is 5.75 Å². The molecule has 0 heterocycles. The van der Waals surface area contributed by atoms with Gasteiger partial charge in [0, 0.05) is 19.6 Å². The molecule has 9 heteroatoms. The van der Waals surface area contributed by atoms with Crippen LogP contribution in [0, 0.1) is 0 Å². The first-order valence-corrected chi connectivity index (χ1v) is 8.43. The highest BCUT2D eigenvalue weighted by atomic mass is 127. The lowest BCUT2D eigenvalue weighted by atomic mass is 10.2. The fourth-order valence-electron chi connectivity index (χ4n) is 2.38. The second-order valence-electron chi connectivity index (χ2n) is 6.04. The fraction of sp³-hybridized carbons (Fsp3) is 0.316. The molecule has 0 atom stereocenters. The molecule has 154 valence electrons. The zero-order valence-corrected chi connectivity index (χ0v) is 17.8. The van der Waals surface area contributed by atoms with Gasteiger partial charge in [0.05, 0.1) is 6.54 Å². The molecule has 0 unspecified atom stereocenters. The van der Waals surface area contributed by atoms with E-state index in [0.29, 0.717) is 12.5 Å². The van der Waals surface area contributed by atoms with E-state index < -0.39 is 6.36 Å². The predicted molar refractivity (Wildman–Crippen MR) is 115 cm³/mol. The number of nitrogens with one attached hydrogen (secondary N) is 1. The van der Waals surface area contributed by atoms with Crippen LogP contribution >= 0.6 is 24.0 Å². The fourth-order valence-corrected chi connectivity index (χ4v) is 2.38. The van der Waals surface area contributed by atoms with Crippen LogP contribution in [0.25, 0.3) is 0 Å². The molecular weight excluding hydrogens is 484 g/mol. The van der Waals surface area contributed by atoms with E-state index in [2.05, 4.69) is 32.1 Å². The predicted octanol–water partition coefficient (Wildman–Crippen LogP) is 3.74. The molecule has 28 heavy (non-hydrogen) atoms. The number of guanidine groups is 1. The van der Waals surface area contributed by atoms with Crippen LogP contribution in [0.15, 0.2) is 59.6 Å². The molecule has 0 bridgehead atoms. The maximum absolute atomic E-state index is 12.1. The lowest BCUT2D eigenvalue weighted by Gasteiger charge is -2.17. The third kappa shape index (κ3) is 9.79. The number of hydrogen-bond donors (Lipinski definition) is 2. The van der Waals surface area contributed by atoms with Gasteiger partial charge in [-0.1, -0.05) is 42.5 Å². The van der Waals surface area contributed by atoms with E-state index >= 15 is 0 Å². The van der Waals surface area contributed by atoms with Crippen molar-refractivity contribution < 1.29 is 17.9 Å². The lowest BCUT2D eigenvalue weighted by Crippen LogP contribution is -2.37. The standard InChI is InChI=1S/C19H23F3N4O.HI/c1-26(14-16-5-3-2-4-6-16)12-11-24-18(23)25-13-15-7-9-17(10-8-15)27-19(20,21)22;/h2-10H,11-14H2,1H3,(H3,23,24,25);1H. The molecule has 0 aliphatic rings. The van der Waals surface area contributed by atoms with Crippen LogP contribution in [0.4, 0.5) is 13.2 Å². The second kappa shape index (κ2) is 11.7. The molecule has 0 spiro atoms. The van der Waals surface area contributed by atoms with Crippen molar-refractivity contribution in [3.63, 3.8) is 0 Å². The van der Waals surface area contributed by atoms with E-state index in [9.17, 15) is 13.2 Å². The zero-order valence-electron chi connectivity index (χ0n) is 15.4. The van der Waals surface area contributed by atoms with Gasteiger partial charge in [0.25, 0.3) is 0 Å². The van der Waals surface area contributed by atoms with Gasteiger partial charge in [0.2, 0.25) is 0 Å². The van der Waals surface area contributed by atoms with Gasteiger partial charge in [-0.3, -0.25) is 0 Å². The summed E-state index contributed by atoms with van der Waals surface area (Å²) < 4.78 is 40.2. The number of rotatable bonds is 8. The Morgan fingerprint density at radius 3 is 2.32 bits per heavy atom. The first-order valence-electron chi connectivity index (χ1n) is 8.43. The van der Waals surface area contributed by atoms with Gasteiger partial charge in [-0.2, -0.15) is 0 Å². The van der Waals surface area contributed by atoms with Crippen molar-refractivity contribution >= 4 is 29.9 Å². The average molecular weight is 508 g/mol. The SMILES string of the molecule is CN(CCNC(N)=NCc1ccc(OC(F)(F)F)cc1)Cc1ccccc1.I. The largest absolute Gasteiger partial charge is 0.573 e. The first kappa shape index (κ1) is 24.0. The van der Waals surface area contributed by atoms with E-state index in [0.717, 1.165) is 18.7 Å². The number of halogens is 4. The average Bonchev–Trinajstić information content (AvgIpc) is 2.61. The number of likely N-dealkylation sites (N-methyl/N-ethyl adjacent to an activating group) is 1. The summed E-state index contributed by atoms with van der Waals surface area (Å²) in [4.78, 5) is 6.34. The number of aliphatic imine (C=N–C) groups is 1. The summed E-state index contributed by atoms with van der Waals surface area (Å²) in [5.74, 6) is 0.0292. The van der Waals surface area contributed by atoms with E-state index in [1.807, 2.05) is 25.2 Å². The van der Waals surface area contributed by atoms with Crippen LogP contribution in [-0.2, 0) is 13.1 Å². The Hall–Kier alpha value is -2.01. The van der Waals surface area contributed by atoms with Crippen LogP contribution in [0.1, 0.15) is 11.1 Å². The lowest BCUT2D eigenvalue weighted by molar-refractivity contribution is -0.274. The molecule has 0 radical (unpaired) electrons. The highest BCUT2D eigenvalue weighted by molar-refractivity contribution is 14.0. The summed E-state index contributed by atoms with van der Waals surface area (Å²) in [6, 6.07) is 15.7. The van der Waals surface area contributed by atoms with Crippen molar-refractivity contribution in [2.24, 2.45) is 10.7 Å². The highest BCUT2D eigenvalue weighted by Crippen LogP contribution is 2.22. The van der Waals surface area contributed by atoms with Gasteiger partial charge in [-0.25, -0.2) is 4.99 Å². The van der Waals surface area contributed by atoms with Gasteiger partial charge < -0.3 is 20.7 Å².